The molecule has 108 valence electrons. The Morgan fingerprint density at radius 1 is 1.40 bits per heavy atom. The summed E-state index contributed by atoms with van der Waals surface area (Å²) in [5, 5.41) is 7.26. The zero-order valence-corrected chi connectivity index (χ0v) is 12.2. The Bertz CT molecular complexity index is 708. The molecule has 1 aromatic heterocycles. The van der Waals surface area contributed by atoms with Crippen molar-refractivity contribution >= 4 is 21.2 Å². The smallest absolute Gasteiger partial charge is 0.177 e. The Balaban J connectivity index is 2.07. The lowest BCUT2D eigenvalue weighted by Gasteiger charge is -2.11. The summed E-state index contributed by atoms with van der Waals surface area (Å²) in [5.74, 6) is 0.720. The number of para-hydroxylation sites is 1. The van der Waals surface area contributed by atoms with Gasteiger partial charge in [0.25, 0.3) is 0 Å². The lowest BCUT2D eigenvalue weighted by molar-refractivity contribution is 0.602. The van der Waals surface area contributed by atoms with Crippen LogP contribution in [0.25, 0.3) is 0 Å². The number of nitrogen functional groups attached to an aromatic ring is 1. The molecule has 3 N–H and O–H groups in total. The standard InChI is InChI=1S/C12H17N5O2S/c1-17-8-15-11(16-17)6-7-14-9-4-3-5-10(12(9)13)20(2,18)19/h3-5,8,14H,6-7,13H2,1-2H3. The van der Waals surface area contributed by atoms with E-state index >= 15 is 0 Å². The zero-order chi connectivity index (χ0) is 14.8. The Labute approximate surface area is 117 Å². The van der Waals surface area contributed by atoms with Crippen LogP contribution in [-0.2, 0) is 23.3 Å². The maximum absolute atomic E-state index is 11.6. The molecule has 0 saturated heterocycles. The molecule has 8 heteroatoms. The predicted octanol–water partition coefficient (Wildman–Crippen LogP) is 0.455. The van der Waals surface area contributed by atoms with Crippen LogP contribution in [0.5, 0.6) is 0 Å². The van der Waals surface area contributed by atoms with E-state index in [2.05, 4.69) is 15.4 Å². The number of aryl methyl sites for hydroxylation is 1. The Hall–Kier alpha value is -2.09. The van der Waals surface area contributed by atoms with Gasteiger partial charge >= 0.3 is 0 Å². The summed E-state index contributed by atoms with van der Waals surface area (Å²) in [6.07, 6.45) is 3.40. The minimum absolute atomic E-state index is 0.137. The first kappa shape index (κ1) is 14.3. The summed E-state index contributed by atoms with van der Waals surface area (Å²) in [6.45, 7) is 0.571. The molecule has 0 fully saturated rings. The van der Waals surface area contributed by atoms with Gasteiger partial charge in [-0.15, -0.1) is 0 Å². The Morgan fingerprint density at radius 2 is 2.15 bits per heavy atom. The molecule has 2 rings (SSSR count). The van der Waals surface area contributed by atoms with Gasteiger partial charge in [-0.05, 0) is 12.1 Å². The number of hydrogen-bond acceptors (Lipinski definition) is 6. The highest BCUT2D eigenvalue weighted by atomic mass is 32.2. The molecule has 0 aliphatic heterocycles. The van der Waals surface area contributed by atoms with Crippen LogP contribution in [0.3, 0.4) is 0 Å². The molecule has 0 saturated carbocycles. The Morgan fingerprint density at radius 3 is 2.75 bits per heavy atom. The number of aromatic nitrogens is 3. The first-order chi connectivity index (χ1) is 9.38. The van der Waals surface area contributed by atoms with E-state index in [0.717, 1.165) is 12.1 Å². The average Bonchev–Trinajstić information content (AvgIpc) is 2.76. The molecule has 7 nitrogen and oxygen atoms in total. The summed E-state index contributed by atoms with van der Waals surface area (Å²) in [4.78, 5) is 4.25. The lowest BCUT2D eigenvalue weighted by Crippen LogP contribution is -2.10. The highest BCUT2D eigenvalue weighted by Crippen LogP contribution is 2.26. The molecule has 0 radical (unpaired) electrons. The molecule has 0 aliphatic rings. The van der Waals surface area contributed by atoms with Crippen molar-refractivity contribution in [3.8, 4) is 0 Å². The molecular formula is C12H17N5O2S. The van der Waals surface area contributed by atoms with Gasteiger partial charge in [0.15, 0.2) is 15.7 Å². The van der Waals surface area contributed by atoms with E-state index in [1.165, 1.54) is 6.07 Å². The predicted molar refractivity (Wildman–Crippen MR) is 77.2 cm³/mol. The summed E-state index contributed by atoms with van der Waals surface area (Å²) in [6, 6.07) is 4.90. The van der Waals surface area contributed by atoms with Crippen molar-refractivity contribution in [2.45, 2.75) is 11.3 Å². The van der Waals surface area contributed by atoms with Gasteiger partial charge in [0, 0.05) is 26.3 Å². The van der Waals surface area contributed by atoms with Crippen molar-refractivity contribution in [3.05, 3.63) is 30.4 Å². The third-order valence-corrected chi connectivity index (χ3v) is 3.93. The third-order valence-electron chi connectivity index (χ3n) is 2.78. The van der Waals surface area contributed by atoms with E-state index in [1.807, 2.05) is 0 Å². The van der Waals surface area contributed by atoms with Gasteiger partial charge < -0.3 is 11.1 Å². The molecule has 0 bridgehead atoms. The van der Waals surface area contributed by atoms with Crippen LogP contribution in [0.2, 0.25) is 0 Å². The largest absolute Gasteiger partial charge is 0.396 e. The van der Waals surface area contributed by atoms with Crippen molar-refractivity contribution in [2.75, 3.05) is 23.9 Å². The summed E-state index contributed by atoms with van der Waals surface area (Å²) in [7, 11) is -1.52. The van der Waals surface area contributed by atoms with Gasteiger partial charge in [0.05, 0.1) is 16.3 Å². The number of rotatable bonds is 5. The van der Waals surface area contributed by atoms with Crippen LogP contribution in [-0.4, -0.2) is 36.0 Å². The van der Waals surface area contributed by atoms with Crippen LogP contribution in [0, 0.1) is 0 Å². The fraction of sp³-hybridized carbons (Fsp3) is 0.333. The van der Waals surface area contributed by atoms with E-state index in [4.69, 9.17) is 5.73 Å². The highest BCUT2D eigenvalue weighted by molar-refractivity contribution is 7.90. The maximum Gasteiger partial charge on any atom is 0.177 e. The third kappa shape index (κ3) is 3.27. The van der Waals surface area contributed by atoms with Crippen LogP contribution in [0.15, 0.2) is 29.4 Å². The molecule has 0 amide bonds. The van der Waals surface area contributed by atoms with Crippen molar-refractivity contribution < 1.29 is 8.42 Å². The van der Waals surface area contributed by atoms with Gasteiger partial charge in [-0.25, -0.2) is 13.4 Å². The van der Waals surface area contributed by atoms with Crippen molar-refractivity contribution in [3.63, 3.8) is 0 Å². The second-order valence-corrected chi connectivity index (χ2v) is 6.48. The number of hydrogen-bond donors (Lipinski definition) is 2. The molecular weight excluding hydrogens is 278 g/mol. The minimum atomic E-state index is -3.32. The van der Waals surface area contributed by atoms with E-state index in [1.54, 1.807) is 30.2 Å². The second kappa shape index (κ2) is 5.49. The monoisotopic (exact) mass is 295 g/mol. The van der Waals surface area contributed by atoms with Crippen molar-refractivity contribution in [1.82, 2.24) is 14.8 Å². The van der Waals surface area contributed by atoms with E-state index < -0.39 is 9.84 Å². The molecule has 1 heterocycles. The molecule has 1 aromatic carbocycles. The summed E-state index contributed by atoms with van der Waals surface area (Å²) in [5.41, 5.74) is 6.72. The highest BCUT2D eigenvalue weighted by Gasteiger charge is 2.13. The zero-order valence-electron chi connectivity index (χ0n) is 11.4. The first-order valence-corrected chi connectivity index (χ1v) is 7.94. The molecule has 2 aromatic rings. The van der Waals surface area contributed by atoms with Crippen molar-refractivity contribution in [2.24, 2.45) is 7.05 Å². The number of nitrogens with zero attached hydrogens (tertiary/aromatic N) is 3. The lowest BCUT2D eigenvalue weighted by atomic mass is 10.2. The van der Waals surface area contributed by atoms with Crippen LogP contribution < -0.4 is 11.1 Å². The molecule has 0 atom stereocenters. The quantitative estimate of drug-likeness (QED) is 0.777. The number of nitrogens with one attached hydrogen (secondary N) is 1. The normalized spacial score (nSPS) is 11.5. The van der Waals surface area contributed by atoms with Crippen LogP contribution >= 0.6 is 0 Å². The number of nitrogens with two attached hydrogens (primary N) is 1. The van der Waals surface area contributed by atoms with E-state index in [0.29, 0.717) is 18.7 Å². The molecule has 20 heavy (non-hydrogen) atoms. The van der Waals surface area contributed by atoms with Crippen LogP contribution in [0.1, 0.15) is 5.82 Å². The van der Waals surface area contributed by atoms with Gasteiger partial charge in [-0.1, -0.05) is 6.07 Å². The van der Waals surface area contributed by atoms with Gasteiger partial charge in [0.1, 0.15) is 6.33 Å². The summed E-state index contributed by atoms with van der Waals surface area (Å²) >= 11 is 0. The topological polar surface area (TPSA) is 103 Å². The molecule has 0 aliphatic carbocycles. The first-order valence-electron chi connectivity index (χ1n) is 6.05. The number of anilines is 2. The average molecular weight is 295 g/mol. The Kier molecular flexibility index (Phi) is 3.93. The molecule has 0 spiro atoms. The van der Waals surface area contributed by atoms with E-state index in [-0.39, 0.29) is 10.6 Å². The van der Waals surface area contributed by atoms with Gasteiger partial charge in [-0.3, -0.25) is 4.68 Å². The molecule has 0 unspecified atom stereocenters. The maximum atomic E-state index is 11.6. The van der Waals surface area contributed by atoms with Gasteiger partial charge in [0.2, 0.25) is 0 Å². The van der Waals surface area contributed by atoms with E-state index in [9.17, 15) is 8.42 Å². The number of sulfone groups is 1. The fourth-order valence-electron chi connectivity index (χ4n) is 1.83. The number of benzene rings is 1. The fourth-order valence-corrected chi connectivity index (χ4v) is 2.66. The van der Waals surface area contributed by atoms with Gasteiger partial charge in [-0.2, -0.15) is 5.10 Å². The SMILES string of the molecule is Cn1cnc(CCNc2cccc(S(C)(=O)=O)c2N)n1. The van der Waals surface area contributed by atoms with Crippen LogP contribution in [0.4, 0.5) is 11.4 Å². The van der Waals surface area contributed by atoms with Crippen molar-refractivity contribution in [1.29, 1.82) is 0 Å². The minimum Gasteiger partial charge on any atom is -0.396 e. The second-order valence-electron chi connectivity index (χ2n) is 4.50. The summed E-state index contributed by atoms with van der Waals surface area (Å²) < 4.78 is 24.8.